The third-order valence-electron chi connectivity index (χ3n) is 4.63. The Morgan fingerprint density at radius 1 is 0.867 bits per heavy atom. The smallest absolute Gasteiger partial charge is 0.275 e. The molecule has 0 fully saturated rings. The van der Waals surface area contributed by atoms with Crippen LogP contribution in [0.2, 0.25) is 0 Å². The van der Waals surface area contributed by atoms with Crippen LogP contribution >= 0.6 is 11.3 Å². The molecule has 0 saturated heterocycles. The summed E-state index contributed by atoms with van der Waals surface area (Å²) in [6, 6.07) is 23.3. The standard InChI is InChI=1S/C24H20N2O3S/c1-28-21-14-8-12-18(22(21)29-2)24-26-20(15-30-24)23(27)25-19-13-7-6-11-17(19)16-9-4-3-5-10-16/h3-15H,1-2H3,(H,25,27). The Bertz CT molecular complexity index is 1170. The van der Waals surface area contributed by atoms with E-state index < -0.39 is 0 Å². The molecule has 0 spiro atoms. The van der Waals surface area contributed by atoms with Crippen LogP contribution < -0.4 is 14.8 Å². The maximum atomic E-state index is 12.9. The fourth-order valence-corrected chi connectivity index (χ4v) is 4.03. The van der Waals surface area contributed by atoms with Gasteiger partial charge in [0.2, 0.25) is 0 Å². The number of rotatable bonds is 6. The molecule has 0 atom stereocenters. The average Bonchev–Trinajstić information content (AvgIpc) is 3.30. The number of hydrogen-bond acceptors (Lipinski definition) is 5. The molecule has 0 aliphatic heterocycles. The fourth-order valence-electron chi connectivity index (χ4n) is 3.21. The molecular weight excluding hydrogens is 396 g/mol. The van der Waals surface area contributed by atoms with Gasteiger partial charge in [-0.05, 0) is 23.8 Å². The Hall–Kier alpha value is -3.64. The number of methoxy groups -OCH3 is 2. The van der Waals surface area contributed by atoms with E-state index in [0.29, 0.717) is 22.2 Å². The number of anilines is 1. The summed E-state index contributed by atoms with van der Waals surface area (Å²) in [7, 11) is 3.18. The van der Waals surface area contributed by atoms with Crippen LogP contribution in [-0.2, 0) is 0 Å². The van der Waals surface area contributed by atoms with Gasteiger partial charge in [-0.3, -0.25) is 4.79 Å². The largest absolute Gasteiger partial charge is 0.493 e. The number of hydrogen-bond donors (Lipinski definition) is 1. The predicted molar refractivity (Wildman–Crippen MR) is 120 cm³/mol. The predicted octanol–water partition coefficient (Wildman–Crippen LogP) is 5.75. The van der Waals surface area contributed by atoms with Gasteiger partial charge in [0.25, 0.3) is 5.91 Å². The molecule has 150 valence electrons. The van der Waals surface area contributed by atoms with Gasteiger partial charge in [-0.1, -0.05) is 54.6 Å². The molecule has 3 aromatic carbocycles. The van der Waals surface area contributed by atoms with Crippen LogP contribution in [-0.4, -0.2) is 25.1 Å². The molecule has 1 N–H and O–H groups in total. The molecule has 30 heavy (non-hydrogen) atoms. The SMILES string of the molecule is COc1cccc(-c2nc(C(=O)Nc3ccccc3-c3ccccc3)cs2)c1OC. The van der Waals surface area contributed by atoms with Gasteiger partial charge in [0.15, 0.2) is 11.5 Å². The second-order valence-corrected chi connectivity index (χ2v) is 7.30. The highest BCUT2D eigenvalue weighted by Crippen LogP contribution is 2.39. The van der Waals surface area contributed by atoms with Crippen molar-refractivity contribution in [2.45, 2.75) is 0 Å². The minimum absolute atomic E-state index is 0.261. The Kier molecular flexibility index (Phi) is 5.77. The topological polar surface area (TPSA) is 60.5 Å². The molecule has 6 heteroatoms. The molecule has 1 heterocycles. The second-order valence-electron chi connectivity index (χ2n) is 6.44. The van der Waals surface area contributed by atoms with Crippen LogP contribution in [0.25, 0.3) is 21.7 Å². The summed E-state index contributed by atoms with van der Waals surface area (Å²) in [5, 5.41) is 5.42. The zero-order chi connectivity index (χ0) is 20.9. The third-order valence-corrected chi connectivity index (χ3v) is 5.51. The molecule has 0 radical (unpaired) electrons. The van der Waals surface area contributed by atoms with Crippen molar-refractivity contribution in [3.8, 4) is 33.2 Å². The van der Waals surface area contributed by atoms with E-state index in [-0.39, 0.29) is 5.91 Å². The molecule has 5 nitrogen and oxygen atoms in total. The highest BCUT2D eigenvalue weighted by atomic mass is 32.1. The second kappa shape index (κ2) is 8.80. The summed E-state index contributed by atoms with van der Waals surface area (Å²) in [4.78, 5) is 17.4. The quantitative estimate of drug-likeness (QED) is 0.435. The first-order chi connectivity index (χ1) is 14.7. The molecule has 1 amide bonds. The molecule has 0 bridgehead atoms. The fraction of sp³-hybridized carbons (Fsp3) is 0.0833. The number of benzene rings is 3. The number of aromatic nitrogens is 1. The first kappa shape index (κ1) is 19.7. The van der Waals surface area contributed by atoms with Gasteiger partial charge in [0, 0.05) is 16.6 Å². The van der Waals surface area contributed by atoms with Crippen LogP contribution in [0.4, 0.5) is 5.69 Å². The van der Waals surface area contributed by atoms with Gasteiger partial charge in [-0.15, -0.1) is 11.3 Å². The Labute approximate surface area is 178 Å². The van der Waals surface area contributed by atoms with E-state index in [1.54, 1.807) is 19.6 Å². The Morgan fingerprint density at radius 2 is 1.60 bits per heavy atom. The van der Waals surface area contributed by atoms with E-state index in [4.69, 9.17) is 9.47 Å². The maximum absolute atomic E-state index is 12.9. The summed E-state index contributed by atoms with van der Waals surface area (Å²) in [6.07, 6.45) is 0. The van der Waals surface area contributed by atoms with E-state index in [1.807, 2.05) is 72.8 Å². The van der Waals surface area contributed by atoms with Crippen molar-refractivity contribution in [1.82, 2.24) is 4.98 Å². The van der Waals surface area contributed by atoms with Crippen molar-refractivity contribution >= 4 is 22.9 Å². The number of thiazole rings is 1. The first-order valence-electron chi connectivity index (χ1n) is 9.34. The first-order valence-corrected chi connectivity index (χ1v) is 10.2. The zero-order valence-corrected chi connectivity index (χ0v) is 17.4. The summed E-state index contributed by atoms with van der Waals surface area (Å²) < 4.78 is 10.9. The molecule has 0 aliphatic rings. The molecule has 0 saturated carbocycles. The normalized spacial score (nSPS) is 10.5. The summed E-state index contributed by atoms with van der Waals surface area (Å²) in [5.74, 6) is 0.950. The number of nitrogens with zero attached hydrogens (tertiary/aromatic N) is 1. The van der Waals surface area contributed by atoms with Crippen LogP contribution in [0.1, 0.15) is 10.5 Å². The lowest BCUT2D eigenvalue weighted by Gasteiger charge is -2.11. The van der Waals surface area contributed by atoms with Crippen molar-refractivity contribution in [1.29, 1.82) is 0 Å². The van der Waals surface area contributed by atoms with Gasteiger partial charge in [-0.2, -0.15) is 0 Å². The van der Waals surface area contributed by atoms with Crippen LogP contribution in [0.3, 0.4) is 0 Å². The lowest BCUT2D eigenvalue weighted by molar-refractivity contribution is 0.102. The van der Waals surface area contributed by atoms with Gasteiger partial charge in [0.05, 0.1) is 19.8 Å². The molecule has 0 unspecified atom stereocenters. The highest BCUT2D eigenvalue weighted by molar-refractivity contribution is 7.13. The highest BCUT2D eigenvalue weighted by Gasteiger charge is 2.18. The number of carbonyl (C=O) groups is 1. The summed E-state index contributed by atoms with van der Waals surface area (Å²) in [6.45, 7) is 0. The van der Waals surface area contributed by atoms with E-state index in [2.05, 4.69) is 10.3 Å². The molecule has 4 aromatic rings. The van der Waals surface area contributed by atoms with E-state index >= 15 is 0 Å². The minimum Gasteiger partial charge on any atom is -0.493 e. The van der Waals surface area contributed by atoms with E-state index in [1.165, 1.54) is 11.3 Å². The van der Waals surface area contributed by atoms with Gasteiger partial charge >= 0.3 is 0 Å². The molecule has 0 aliphatic carbocycles. The zero-order valence-electron chi connectivity index (χ0n) is 16.6. The number of ether oxygens (including phenoxy) is 2. The minimum atomic E-state index is -0.261. The monoisotopic (exact) mass is 416 g/mol. The lowest BCUT2D eigenvalue weighted by atomic mass is 10.0. The number of carbonyl (C=O) groups excluding carboxylic acids is 1. The third kappa shape index (κ3) is 3.90. The van der Waals surface area contributed by atoms with Crippen molar-refractivity contribution in [2.24, 2.45) is 0 Å². The van der Waals surface area contributed by atoms with E-state index in [9.17, 15) is 4.79 Å². The van der Waals surface area contributed by atoms with Crippen LogP contribution in [0.15, 0.2) is 78.2 Å². The summed E-state index contributed by atoms with van der Waals surface area (Å²) in [5.41, 5.74) is 3.86. The van der Waals surface area contributed by atoms with Crippen molar-refractivity contribution < 1.29 is 14.3 Å². The molecular formula is C24H20N2O3S. The molecule has 1 aromatic heterocycles. The van der Waals surface area contributed by atoms with Gasteiger partial charge < -0.3 is 14.8 Å². The van der Waals surface area contributed by atoms with Crippen LogP contribution in [0, 0.1) is 0 Å². The Morgan fingerprint density at radius 3 is 2.37 bits per heavy atom. The number of para-hydroxylation sites is 2. The molecule has 4 rings (SSSR count). The average molecular weight is 417 g/mol. The van der Waals surface area contributed by atoms with E-state index in [0.717, 1.165) is 22.4 Å². The number of amides is 1. The van der Waals surface area contributed by atoms with Crippen molar-refractivity contribution in [3.05, 3.63) is 83.9 Å². The number of nitrogens with one attached hydrogen (secondary N) is 1. The van der Waals surface area contributed by atoms with Crippen molar-refractivity contribution in [3.63, 3.8) is 0 Å². The van der Waals surface area contributed by atoms with Crippen LogP contribution in [0.5, 0.6) is 11.5 Å². The van der Waals surface area contributed by atoms with Gasteiger partial charge in [-0.25, -0.2) is 4.98 Å². The van der Waals surface area contributed by atoms with Crippen molar-refractivity contribution in [2.75, 3.05) is 19.5 Å². The summed E-state index contributed by atoms with van der Waals surface area (Å²) >= 11 is 1.38. The lowest BCUT2D eigenvalue weighted by Crippen LogP contribution is -2.13. The Balaban J connectivity index is 1.62. The maximum Gasteiger partial charge on any atom is 0.275 e. The van der Waals surface area contributed by atoms with Gasteiger partial charge in [0.1, 0.15) is 10.7 Å².